The van der Waals surface area contributed by atoms with Crippen LogP contribution in [0.25, 0.3) is 6.08 Å². The summed E-state index contributed by atoms with van der Waals surface area (Å²) in [6.07, 6.45) is 2.60. The fraction of sp³-hybridized carbons (Fsp3) is 0.444. The molecule has 0 unspecified atom stereocenters. The minimum absolute atomic E-state index is 0.0797. The second-order valence-electron chi connectivity index (χ2n) is 5.56. The monoisotopic (exact) mass is 347 g/mol. The van der Waals surface area contributed by atoms with Crippen LogP contribution in [0.3, 0.4) is 0 Å². The quantitative estimate of drug-likeness (QED) is 0.445. The lowest BCUT2D eigenvalue weighted by atomic mass is 10.1. The van der Waals surface area contributed by atoms with Gasteiger partial charge in [-0.3, -0.25) is 9.69 Å². The number of carbonyl (C=O) groups excluding carboxylic acids is 1. The van der Waals surface area contributed by atoms with E-state index in [0.717, 1.165) is 25.1 Å². The third-order valence-electron chi connectivity index (χ3n) is 4.03. The second kappa shape index (κ2) is 8.80. The third-order valence-corrected chi connectivity index (χ3v) is 4.35. The van der Waals surface area contributed by atoms with Gasteiger partial charge in [0.1, 0.15) is 5.70 Å². The number of nitrogens with zero attached hydrogens (tertiary/aromatic N) is 2. The van der Waals surface area contributed by atoms with Crippen molar-refractivity contribution in [2.24, 2.45) is 0 Å². The lowest BCUT2D eigenvalue weighted by Gasteiger charge is -2.20. The molecule has 1 amide bonds. The average molecular weight is 347 g/mol. The summed E-state index contributed by atoms with van der Waals surface area (Å²) in [6.45, 7) is 7.40. The van der Waals surface area contributed by atoms with Gasteiger partial charge in [-0.1, -0.05) is 12.1 Å². The topological polar surface area (TPSA) is 44.8 Å². The van der Waals surface area contributed by atoms with Gasteiger partial charge in [0.25, 0.3) is 5.91 Å². The average Bonchev–Trinajstić information content (AvgIpc) is 2.85. The summed E-state index contributed by atoms with van der Waals surface area (Å²) in [6, 6.07) is 8.19. The highest BCUT2D eigenvalue weighted by atomic mass is 32.1. The van der Waals surface area contributed by atoms with E-state index in [1.54, 1.807) is 12.0 Å². The van der Waals surface area contributed by atoms with Crippen molar-refractivity contribution in [2.45, 2.75) is 20.3 Å². The number of nitrogens with one attached hydrogen (secondary N) is 1. The van der Waals surface area contributed by atoms with Crippen LogP contribution in [-0.2, 0) is 9.53 Å². The summed E-state index contributed by atoms with van der Waals surface area (Å²) in [7, 11) is 1.65. The number of benzene rings is 1. The Balaban J connectivity index is 2.08. The highest BCUT2D eigenvalue weighted by Crippen LogP contribution is 2.18. The molecule has 24 heavy (non-hydrogen) atoms. The molecule has 0 spiro atoms. The first kappa shape index (κ1) is 18.4. The molecule has 1 aromatic carbocycles. The number of hydrogen-bond acceptors (Lipinski definition) is 4. The van der Waals surface area contributed by atoms with Crippen LogP contribution in [0.2, 0.25) is 0 Å². The van der Waals surface area contributed by atoms with Crippen LogP contribution in [0.5, 0.6) is 0 Å². The smallest absolute Gasteiger partial charge is 0.276 e. The molecule has 1 fully saturated rings. The largest absolute Gasteiger partial charge is 0.385 e. The zero-order valence-electron chi connectivity index (χ0n) is 14.5. The van der Waals surface area contributed by atoms with Crippen molar-refractivity contribution in [1.82, 2.24) is 10.2 Å². The van der Waals surface area contributed by atoms with Crippen molar-refractivity contribution < 1.29 is 9.53 Å². The van der Waals surface area contributed by atoms with E-state index in [0.29, 0.717) is 24.0 Å². The van der Waals surface area contributed by atoms with Crippen molar-refractivity contribution >= 4 is 35.0 Å². The molecule has 1 aliphatic rings. The summed E-state index contributed by atoms with van der Waals surface area (Å²) in [4.78, 5) is 16.3. The second-order valence-corrected chi connectivity index (χ2v) is 5.94. The Bertz CT molecular complexity index is 609. The number of amides is 1. The van der Waals surface area contributed by atoms with Crippen LogP contribution in [0, 0.1) is 0 Å². The maximum Gasteiger partial charge on any atom is 0.276 e. The first-order chi connectivity index (χ1) is 11.6. The van der Waals surface area contributed by atoms with Crippen LogP contribution in [0.15, 0.2) is 30.0 Å². The predicted molar refractivity (Wildman–Crippen MR) is 102 cm³/mol. The summed E-state index contributed by atoms with van der Waals surface area (Å²) in [5.41, 5.74) is 2.68. The van der Waals surface area contributed by atoms with Crippen LogP contribution in [-0.4, -0.2) is 49.3 Å². The van der Waals surface area contributed by atoms with Crippen molar-refractivity contribution in [2.75, 3.05) is 38.3 Å². The van der Waals surface area contributed by atoms with Gasteiger partial charge in [-0.25, -0.2) is 0 Å². The predicted octanol–water partition coefficient (Wildman–Crippen LogP) is 2.63. The van der Waals surface area contributed by atoms with Crippen LogP contribution in [0.4, 0.5) is 5.69 Å². The Hall–Kier alpha value is -1.92. The molecule has 1 heterocycles. The molecule has 0 saturated carbocycles. The molecule has 5 nitrogen and oxygen atoms in total. The molecule has 0 aliphatic carbocycles. The van der Waals surface area contributed by atoms with Crippen LogP contribution < -0.4 is 10.2 Å². The fourth-order valence-corrected chi connectivity index (χ4v) is 2.96. The Morgan fingerprint density at radius 2 is 1.92 bits per heavy atom. The van der Waals surface area contributed by atoms with E-state index in [1.165, 1.54) is 5.69 Å². The Labute approximate surface area is 149 Å². The molecule has 0 radical (unpaired) electrons. The SMILES string of the molecule is CCN(CC)c1ccc(/C=C2/NC(=S)N(CCCOC)C2=O)cc1. The lowest BCUT2D eigenvalue weighted by molar-refractivity contribution is -0.122. The molecule has 130 valence electrons. The van der Waals surface area contributed by atoms with Gasteiger partial charge in [-0.05, 0) is 56.3 Å². The number of thiocarbonyl (C=S) groups is 1. The van der Waals surface area contributed by atoms with Gasteiger partial charge in [0.15, 0.2) is 5.11 Å². The molecule has 6 heteroatoms. The van der Waals surface area contributed by atoms with E-state index in [2.05, 4.69) is 36.2 Å². The van der Waals surface area contributed by atoms with Gasteiger partial charge in [0, 0.05) is 39.0 Å². The molecule has 0 bridgehead atoms. The van der Waals surface area contributed by atoms with E-state index in [1.807, 2.05) is 18.2 Å². The first-order valence-corrected chi connectivity index (χ1v) is 8.70. The molecule has 0 atom stereocenters. The molecular weight excluding hydrogens is 322 g/mol. The van der Waals surface area contributed by atoms with Gasteiger partial charge in [0.05, 0.1) is 0 Å². The minimum Gasteiger partial charge on any atom is -0.385 e. The summed E-state index contributed by atoms with van der Waals surface area (Å²) < 4.78 is 5.02. The van der Waals surface area contributed by atoms with Gasteiger partial charge in [-0.2, -0.15) is 0 Å². The number of methoxy groups -OCH3 is 1. The summed E-state index contributed by atoms with van der Waals surface area (Å²) in [5.74, 6) is -0.0797. The normalized spacial score (nSPS) is 16.0. The number of anilines is 1. The fourth-order valence-electron chi connectivity index (χ4n) is 2.68. The summed E-state index contributed by atoms with van der Waals surface area (Å²) in [5, 5.41) is 3.47. The number of carbonyl (C=O) groups is 1. The molecule has 1 N–H and O–H groups in total. The molecule has 0 aromatic heterocycles. The van der Waals surface area contributed by atoms with E-state index in [9.17, 15) is 4.79 Å². The highest BCUT2D eigenvalue weighted by Gasteiger charge is 2.29. The standard InChI is InChI=1S/C18H25N3O2S/c1-4-20(5-2)15-9-7-14(8-10-15)13-16-17(22)21(18(24)19-16)11-6-12-23-3/h7-10,13H,4-6,11-12H2,1-3H3,(H,19,24)/b16-13+. The first-order valence-electron chi connectivity index (χ1n) is 8.29. The molecule has 1 aliphatic heterocycles. The van der Waals surface area contributed by atoms with Gasteiger partial charge in [-0.15, -0.1) is 0 Å². The molecule has 1 saturated heterocycles. The van der Waals surface area contributed by atoms with Crippen molar-refractivity contribution in [1.29, 1.82) is 0 Å². The van der Waals surface area contributed by atoms with Crippen molar-refractivity contribution in [3.05, 3.63) is 35.5 Å². The third kappa shape index (κ3) is 4.33. The lowest BCUT2D eigenvalue weighted by Crippen LogP contribution is -2.32. The Morgan fingerprint density at radius 1 is 1.25 bits per heavy atom. The van der Waals surface area contributed by atoms with Gasteiger partial charge >= 0.3 is 0 Å². The minimum atomic E-state index is -0.0797. The molecule has 1 aromatic rings. The van der Waals surface area contributed by atoms with Crippen LogP contribution >= 0.6 is 12.2 Å². The van der Waals surface area contributed by atoms with Gasteiger partial charge in [0.2, 0.25) is 0 Å². The Morgan fingerprint density at radius 3 is 2.50 bits per heavy atom. The Kier molecular flexibility index (Phi) is 6.75. The number of ether oxygens (including phenoxy) is 1. The number of hydrogen-bond donors (Lipinski definition) is 1. The zero-order valence-corrected chi connectivity index (χ0v) is 15.4. The van der Waals surface area contributed by atoms with Crippen molar-refractivity contribution in [3.63, 3.8) is 0 Å². The van der Waals surface area contributed by atoms with E-state index in [-0.39, 0.29) is 5.91 Å². The van der Waals surface area contributed by atoms with Crippen molar-refractivity contribution in [3.8, 4) is 0 Å². The van der Waals surface area contributed by atoms with E-state index in [4.69, 9.17) is 17.0 Å². The maximum atomic E-state index is 12.4. The van der Waals surface area contributed by atoms with E-state index < -0.39 is 0 Å². The molecule has 2 rings (SSSR count). The van der Waals surface area contributed by atoms with Crippen LogP contribution in [0.1, 0.15) is 25.8 Å². The number of rotatable bonds is 8. The van der Waals surface area contributed by atoms with Gasteiger partial charge < -0.3 is 15.0 Å². The summed E-state index contributed by atoms with van der Waals surface area (Å²) >= 11 is 5.25. The zero-order chi connectivity index (χ0) is 17.5. The molecular formula is C18H25N3O2S. The maximum absolute atomic E-state index is 12.4. The highest BCUT2D eigenvalue weighted by molar-refractivity contribution is 7.80. The van der Waals surface area contributed by atoms with E-state index >= 15 is 0 Å².